The number of pyridine rings is 1. The lowest BCUT2D eigenvalue weighted by molar-refractivity contribution is -0.114. The molecule has 1 aliphatic rings. The SMILES string of the molecule is O=C(N=Cc1ncccc1O)C1=CN(c2ccc(Br)cc2)CC=N1. The number of benzene rings is 1. The Hall–Kier alpha value is -2.80. The van der Waals surface area contributed by atoms with Gasteiger partial charge in [-0.3, -0.25) is 14.8 Å². The molecule has 0 saturated heterocycles. The minimum absolute atomic E-state index is 0.0355. The van der Waals surface area contributed by atoms with E-state index < -0.39 is 5.91 Å². The highest BCUT2D eigenvalue weighted by molar-refractivity contribution is 9.10. The van der Waals surface area contributed by atoms with Gasteiger partial charge in [0.1, 0.15) is 17.1 Å². The number of carbonyl (C=O) groups excluding carboxylic acids is 1. The van der Waals surface area contributed by atoms with Crippen LogP contribution in [0.3, 0.4) is 0 Å². The van der Waals surface area contributed by atoms with Crippen LogP contribution < -0.4 is 4.90 Å². The van der Waals surface area contributed by atoms with Crippen LogP contribution in [-0.4, -0.2) is 35.0 Å². The van der Waals surface area contributed by atoms with E-state index in [0.717, 1.165) is 10.2 Å². The second-order valence-electron chi connectivity index (χ2n) is 4.93. The fraction of sp³-hybridized carbons (Fsp3) is 0.0588. The summed E-state index contributed by atoms with van der Waals surface area (Å²) in [5, 5.41) is 9.63. The molecule has 1 aromatic carbocycles. The molecule has 1 amide bonds. The molecule has 0 saturated carbocycles. The smallest absolute Gasteiger partial charge is 0.297 e. The van der Waals surface area contributed by atoms with Gasteiger partial charge in [-0.15, -0.1) is 0 Å². The molecular weight excluding hydrogens is 372 g/mol. The van der Waals surface area contributed by atoms with E-state index >= 15 is 0 Å². The van der Waals surface area contributed by atoms with Gasteiger partial charge in [0.05, 0.1) is 12.8 Å². The van der Waals surface area contributed by atoms with E-state index in [1.165, 1.54) is 18.5 Å². The van der Waals surface area contributed by atoms with E-state index in [1.807, 2.05) is 29.2 Å². The standard InChI is InChI=1S/C17H13BrN4O2/c18-12-3-5-13(6-4-12)22-9-8-20-15(11-22)17(24)21-10-14-16(23)2-1-7-19-14/h1-8,10-11,23H,9H2. The molecule has 2 aromatic rings. The van der Waals surface area contributed by atoms with Crippen LogP contribution in [0.4, 0.5) is 5.69 Å². The molecule has 0 spiro atoms. The maximum absolute atomic E-state index is 12.2. The van der Waals surface area contributed by atoms with Crippen LogP contribution in [0.5, 0.6) is 5.75 Å². The molecule has 0 unspecified atom stereocenters. The number of hydrogen-bond acceptors (Lipinski definition) is 5. The molecular formula is C17H13BrN4O2. The first-order valence-corrected chi connectivity index (χ1v) is 7.92. The summed E-state index contributed by atoms with van der Waals surface area (Å²) < 4.78 is 0.983. The number of anilines is 1. The summed E-state index contributed by atoms with van der Waals surface area (Å²) in [6.45, 7) is 0.573. The highest BCUT2D eigenvalue weighted by Gasteiger charge is 2.14. The Labute approximate surface area is 147 Å². The quantitative estimate of drug-likeness (QED) is 0.825. The molecule has 0 radical (unpaired) electrons. The van der Waals surface area contributed by atoms with Crippen molar-refractivity contribution in [2.75, 3.05) is 11.4 Å². The van der Waals surface area contributed by atoms with Gasteiger partial charge < -0.3 is 10.0 Å². The maximum Gasteiger partial charge on any atom is 0.297 e. The second-order valence-corrected chi connectivity index (χ2v) is 5.84. The fourth-order valence-electron chi connectivity index (χ4n) is 2.08. The van der Waals surface area contributed by atoms with Crippen LogP contribution in [-0.2, 0) is 4.79 Å². The van der Waals surface area contributed by atoms with Crippen molar-refractivity contribution >= 4 is 40.0 Å². The van der Waals surface area contributed by atoms with Gasteiger partial charge in [-0.05, 0) is 36.4 Å². The average Bonchev–Trinajstić information content (AvgIpc) is 2.61. The number of hydrogen-bond donors (Lipinski definition) is 1. The molecule has 0 aliphatic carbocycles. The number of amides is 1. The number of aliphatic imine (C=N–C) groups is 2. The Morgan fingerprint density at radius 3 is 2.83 bits per heavy atom. The first kappa shape index (κ1) is 16.1. The Bertz CT molecular complexity index is 844. The van der Waals surface area contributed by atoms with E-state index in [4.69, 9.17) is 0 Å². The summed E-state index contributed by atoms with van der Waals surface area (Å²) in [6, 6.07) is 10.8. The minimum Gasteiger partial charge on any atom is -0.506 e. The van der Waals surface area contributed by atoms with E-state index in [2.05, 4.69) is 30.9 Å². The monoisotopic (exact) mass is 384 g/mol. The average molecular weight is 385 g/mol. The van der Waals surface area contributed by atoms with E-state index in [1.54, 1.807) is 18.5 Å². The van der Waals surface area contributed by atoms with Gasteiger partial charge in [0, 0.05) is 28.8 Å². The molecule has 0 atom stereocenters. The minimum atomic E-state index is -0.502. The summed E-state index contributed by atoms with van der Waals surface area (Å²) in [5.74, 6) is -0.537. The first-order valence-electron chi connectivity index (χ1n) is 7.12. The Morgan fingerprint density at radius 1 is 1.29 bits per heavy atom. The van der Waals surface area contributed by atoms with Crippen LogP contribution in [0.1, 0.15) is 5.69 Å². The van der Waals surface area contributed by atoms with E-state index in [9.17, 15) is 9.90 Å². The number of halogens is 1. The summed E-state index contributed by atoms with van der Waals surface area (Å²) in [4.78, 5) is 26.0. The van der Waals surface area contributed by atoms with Gasteiger partial charge in [-0.25, -0.2) is 4.99 Å². The van der Waals surface area contributed by atoms with Gasteiger partial charge in [-0.2, -0.15) is 0 Å². The molecule has 7 heteroatoms. The van der Waals surface area contributed by atoms with Crippen LogP contribution in [0.25, 0.3) is 0 Å². The lowest BCUT2D eigenvalue weighted by atomic mass is 10.2. The zero-order valence-corrected chi connectivity index (χ0v) is 14.1. The van der Waals surface area contributed by atoms with Crippen LogP contribution >= 0.6 is 15.9 Å². The fourth-order valence-corrected chi connectivity index (χ4v) is 2.34. The molecule has 0 bridgehead atoms. The first-order chi connectivity index (χ1) is 11.6. The molecule has 1 aromatic heterocycles. The molecule has 6 nitrogen and oxygen atoms in total. The van der Waals surface area contributed by atoms with Crippen molar-refractivity contribution in [3.05, 3.63) is 64.7 Å². The molecule has 3 rings (SSSR count). The van der Waals surface area contributed by atoms with E-state index in [-0.39, 0.29) is 17.1 Å². The van der Waals surface area contributed by atoms with Crippen molar-refractivity contribution < 1.29 is 9.90 Å². The van der Waals surface area contributed by atoms with Crippen molar-refractivity contribution in [1.29, 1.82) is 0 Å². The molecule has 24 heavy (non-hydrogen) atoms. The highest BCUT2D eigenvalue weighted by Crippen LogP contribution is 2.21. The maximum atomic E-state index is 12.2. The van der Waals surface area contributed by atoms with Crippen molar-refractivity contribution in [2.24, 2.45) is 9.98 Å². The zero-order chi connectivity index (χ0) is 16.9. The summed E-state index contributed by atoms with van der Waals surface area (Å²) in [7, 11) is 0. The lowest BCUT2D eigenvalue weighted by Crippen LogP contribution is -2.23. The zero-order valence-electron chi connectivity index (χ0n) is 12.5. The van der Waals surface area contributed by atoms with Gasteiger partial charge >= 0.3 is 0 Å². The number of rotatable bonds is 3. The van der Waals surface area contributed by atoms with Gasteiger partial charge in [0.2, 0.25) is 0 Å². The van der Waals surface area contributed by atoms with Crippen molar-refractivity contribution in [3.8, 4) is 5.75 Å². The molecule has 1 N–H and O–H groups in total. The number of nitrogens with zero attached hydrogens (tertiary/aromatic N) is 4. The van der Waals surface area contributed by atoms with Gasteiger partial charge in [0.15, 0.2) is 0 Å². The third-order valence-electron chi connectivity index (χ3n) is 3.28. The molecule has 2 heterocycles. The predicted molar refractivity (Wildman–Crippen MR) is 96.6 cm³/mol. The second kappa shape index (κ2) is 7.18. The summed E-state index contributed by atoms with van der Waals surface area (Å²) in [5.41, 5.74) is 1.40. The number of aromatic hydroxyl groups is 1. The van der Waals surface area contributed by atoms with E-state index in [0.29, 0.717) is 6.54 Å². The summed E-state index contributed by atoms with van der Waals surface area (Å²) in [6.07, 6.45) is 6.05. The summed E-state index contributed by atoms with van der Waals surface area (Å²) >= 11 is 3.39. The van der Waals surface area contributed by atoms with Crippen LogP contribution in [0, 0.1) is 0 Å². The topological polar surface area (TPSA) is 78.1 Å². The molecule has 0 fully saturated rings. The largest absolute Gasteiger partial charge is 0.506 e. The normalized spacial score (nSPS) is 14.0. The highest BCUT2D eigenvalue weighted by atomic mass is 79.9. The van der Waals surface area contributed by atoms with Crippen LogP contribution in [0.15, 0.2) is 68.9 Å². The Balaban J connectivity index is 1.78. The molecule has 120 valence electrons. The lowest BCUT2D eigenvalue weighted by Gasteiger charge is -2.21. The van der Waals surface area contributed by atoms with Crippen molar-refractivity contribution in [3.63, 3.8) is 0 Å². The third-order valence-corrected chi connectivity index (χ3v) is 3.81. The van der Waals surface area contributed by atoms with Crippen molar-refractivity contribution in [2.45, 2.75) is 0 Å². The van der Waals surface area contributed by atoms with Crippen molar-refractivity contribution in [1.82, 2.24) is 4.98 Å². The third kappa shape index (κ3) is 3.75. The van der Waals surface area contributed by atoms with Crippen LogP contribution in [0.2, 0.25) is 0 Å². The number of carbonyl (C=O) groups is 1. The Kier molecular flexibility index (Phi) is 4.81. The Morgan fingerprint density at radius 2 is 2.08 bits per heavy atom. The van der Waals surface area contributed by atoms with Gasteiger partial charge in [0.25, 0.3) is 5.91 Å². The predicted octanol–water partition coefficient (Wildman–Crippen LogP) is 2.93. The van der Waals surface area contributed by atoms with Gasteiger partial charge in [-0.1, -0.05) is 15.9 Å². The molecule has 1 aliphatic heterocycles. The number of aromatic nitrogens is 1.